The maximum Gasteiger partial charge on any atom is 0.471 e. The fourth-order valence-electron chi connectivity index (χ4n) is 3.59. The van der Waals surface area contributed by atoms with Crippen LogP contribution < -0.4 is 10.2 Å². The standard InChI is InChI=1S/C25H23F3N6O/c1-15-13-16(2)34(32-15)24-30-21(14-17-9-11-18(12-10-17)33(3)4)22(31-24)19-7-5-6-8-20(19)29-23(35)25(26,27)28/h5-14H,1-4H3,(H,29,35)/b21-14-. The minimum absolute atomic E-state index is 0.0211. The molecule has 0 unspecified atom stereocenters. The quantitative estimate of drug-likeness (QED) is 0.582. The van der Waals surface area contributed by atoms with Crippen molar-refractivity contribution in [2.24, 2.45) is 9.98 Å². The number of rotatable bonds is 4. The van der Waals surface area contributed by atoms with Gasteiger partial charge < -0.3 is 10.2 Å². The van der Waals surface area contributed by atoms with Gasteiger partial charge in [-0.2, -0.15) is 18.3 Å². The van der Waals surface area contributed by atoms with E-state index in [1.807, 2.05) is 68.5 Å². The number of hydrogen-bond donors (Lipinski definition) is 1. The van der Waals surface area contributed by atoms with Crippen LogP contribution >= 0.6 is 0 Å². The second kappa shape index (κ2) is 9.21. The molecule has 0 saturated heterocycles. The van der Waals surface area contributed by atoms with E-state index in [0.717, 1.165) is 22.6 Å². The number of nitrogens with one attached hydrogen (secondary N) is 1. The molecule has 2 aromatic carbocycles. The van der Waals surface area contributed by atoms with Gasteiger partial charge in [0.2, 0.25) is 0 Å². The van der Waals surface area contributed by atoms with E-state index in [1.54, 1.807) is 22.9 Å². The molecule has 180 valence electrons. The van der Waals surface area contributed by atoms with E-state index in [2.05, 4.69) is 15.1 Å². The van der Waals surface area contributed by atoms with Gasteiger partial charge in [0.25, 0.3) is 5.96 Å². The van der Waals surface area contributed by atoms with Crippen LogP contribution in [0.2, 0.25) is 0 Å². The number of benzene rings is 2. The Hall–Kier alpha value is -4.21. The van der Waals surface area contributed by atoms with Crippen LogP contribution in [-0.4, -0.2) is 47.6 Å². The summed E-state index contributed by atoms with van der Waals surface area (Å²) in [5.41, 5.74) is 4.46. The molecule has 0 aliphatic carbocycles. The van der Waals surface area contributed by atoms with Crippen LogP contribution in [0.1, 0.15) is 22.5 Å². The molecule has 2 heterocycles. The molecule has 10 heteroatoms. The summed E-state index contributed by atoms with van der Waals surface area (Å²) in [6.07, 6.45) is -3.23. The van der Waals surface area contributed by atoms with Crippen molar-refractivity contribution < 1.29 is 18.0 Å². The summed E-state index contributed by atoms with van der Waals surface area (Å²) in [6.45, 7) is 3.70. The van der Waals surface area contributed by atoms with Crippen molar-refractivity contribution in [1.29, 1.82) is 0 Å². The fraction of sp³-hybridized carbons (Fsp3) is 0.200. The third-order valence-corrected chi connectivity index (χ3v) is 5.27. The van der Waals surface area contributed by atoms with Crippen LogP contribution in [0.25, 0.3) is 6.08 Å². The molecule has 1 N–H and O–H groups in total. The molecule has 0 atom stereocenters. The number of aromatic nitrogens is 2. The van der Waals surface area contributed by atoms with E-state index in [4.69, 9.17) is 0 Å². The predicted molar refractivity (Wildman–Crippen MR) is 131 cm³/mol. The highest BCUT2D eigenvalue weighted by Crippen LogP contribution is 2.28. The lowest BCUT2D eigenvalue weighted by Crippen LogP contribution is -2.30. The summed E-state index contributed by atoms with van der Waals surface area (Å²) < 4.78 is 40.4. The largest absolute Gasteiger partial charge is 0.471 e. The Labute approximate surface area is 200 Å². The van der Waals surface area contributed by atoms with Gasteiger partial charge in [0.1, 0.15) is 5.71 Å². The molecule has 4 rings (SSSR count). The number of carbonyl (C=O) groups is 1. The Kier molecular flexibility index (Phi) is 6.29. The third-order valence-electron chi connectivity index (χ3n) is 5.27. The summed E-state index contributed by atoms with van der Waals surface area (Å²) in [7, 11) is 3.87. The van der Waals surface area contributed by atoms with Gasteiger partial charge in [0, 0.05) is 31.0 Å². The number of para-hydroxylation sites is 1. The van der Waals surface area contributed by atoms with E-state index in [-0.39, 0.29) is 11.6 Å². The Morgan fingerprint density at radius 3 is 2.31 bits per heavy atom. The molecule has 7 nitrogen and oxygen atoms in total. The van der Waals surface area contributed by atoms with Crippen molar-refractivity contribution in [3.8, 4) is 0 Å². The number of alkyl halides is 3. The van der Waals surface area contributed by atoms with Crippen molar-refractivity contribution >= 4 is 35.0 Å². The van der Waals surface area contributed by atoms with Crippen LogP contribution in [-0.2, 0) is 4.79 Å². The van der Waals surface area contributed by atoms with E-state index in [1.165, 1.54) is 12.1 Å². The fourth-order valence-corrected chi connectivity index (χ4v) is 3.59. The first-order chi connectivity index (χ1) is 16.5. The lowest BCUT2D eigenvalue weighted by molar-refractivity contribution is -0.167. The molecular weight excluding hydrogens is 457 g/mol. The van der Waals surface area contributed by atoms with Crippen molar-refractivity contribution in [3.63, 3.8) is 0 Å². The number of aliphatic imine (C=N–C) groups is 2. The Morgan fingerprint density at radius 2 is 1.71 bits per heavy atom. The molecule has 1 aromatic heterocycles. The van der Waals surface area contributed by atoms with E-state index in [9.17, 15) is 18.0 Å². The van der Waals surface area contributed by atoms with Gasteiger partial charge in [-0.25, -0.2) is 14.7 Å². The van der Waals surface area contributed by atoms with Crippen LogP contribution in [0.3, 0.4) is 0 Å². The highest BCUT2D eigenvalue weighted by Gasteiger charge is 2.39. The molecule has 0 fully saturated rings. The first-order valence-corrected chi connectivity index (χ1v) is 10.7. The number of amides is 1. The molecule has 3 aromatic rings. The highest BCUT2D eigenvalue weighted by molar-refractivity contribution is 6.25. The minimum Gasteiger partial charge on any atom is -0.378 e. The number of nitrogens with zero attached hydrogens (tertiary/aromatic N) is 5. The van der Waals surface area contributed by atoms with Gasteiger partial charge >= 0.3 is 12.1 Å². The topological polar surface area (TPSA) is 74.9 Å². The van der Waals surface area contributed by atoms with E-state index >= 15 is 0 Å². The summed E-state index contributed by atoms with van der Waals surface area (Å²) in [6, 6.07) is 15.8. The smallest absolute Gasteiger partial charge is 0.378 e. The van der Waals surface area contributed by atoms with Crippen molar-refractivity contribution in [2.75, 3.05) is 24.3 Å². The van der Waals surface area contributed by atoms with Crippen molar-refractivity contribution in [1.82, 2.24) is 9.78 Å². The lowest BCUT2D eigenvalue weighted by atomic mass is 10.0. The number of allylic oxidation sites excluding steroid dienone is 1. The zero-order chi connectivity index (χ0) is 25.3. The lowest BCUT2D eigenvalue weighted by Gasteiger charge is -2.13. The van der Waals surface area contributed by atoms with Gasteiger partial charge in [0.05, 0.1) is 17.1 Å². The molecule has 1 aliphatic rings. The zero-order valence-electron chi connectivity index (χ0n) is 19.6. The Balaban J connectivity index is 1.81. The van der Waals surface area contributed by atoms with Gasteiger partial charge in [-0.05, 0) is 49.8 Å². The molecular formula is C25H23F3N6O. The van der Waals surface area contributed by atoms with Crippen LogP contribution in [0.5, 0.6) is 0 Å². The number of carbonyl (C=O) groups excluding carboxylic acids is 1. The normalized spacial score (nSPS) is 14.7. The molecule has 1 amide bonds. The van der Waals surface area contributed by atoms with Crippen molar-refractivity contribution in [3.05, 3.63) is 82.8 Å². The molecule has 35 heavy (non-hydrogen) atoms. The van der Waals surface area contributed by atoms with Crippen molar-refractivity contribution in [2.45, 2.75) is 20.0 Å². The van der Waals surface area contributed by atoms with Crippen LogP contribution in [0.4, 0.5) is 24.5 Å². The molecule has 0 saturated carbocycles. The van der Waals surface area contributed by atoms with Gasteiger partial charge in [0.15, 0.2) is 0 Å². The summed E-state index contributed by atoms with van der Waals surface area (Å²) in [5.74, 6) is -1.79. The number of anilines is 2. The average molecular weight is 480 g/mol. The minimum atomic E-state index is -5.02. The third kappa shape index (κ3) is 5.16. The maximum absolute atomic E-state index is 12.9. The monoisotopic (exact) mass is 480 g/mol. The second-order valence-corrected chi connectivity index (χ2v) is 8.22. The Bertz CT molecular complexity index is 1360. The molecule has 0 spiro atoms. The summed E-state index contributed by atoms with van der Waals surface area (Å²) in [5, 5.41) is 6.37. The average Bonchev–Trinajstić information content (AvgIpc) is 3.35. The number of halogens is 3. The zero-order valence-corrected chi connectivity index (χ0v) is 19.6. The summed E-state index contributed by atoms with van der Waals surface area (Å²) in [4.78, 5) is 22.9. The highest BCUT2D eigenvalue weighted by atomic mass is 19.4. The number of hydrogen-bond acceptors (Lipinski definition) is 5. The first kappa shape index (κ1) is 23.9. The van der Waals surface area contributed by atoms with E-state index in [0.29, 0.717) is 17.0 Å². The second-order valence-electron chi connectivity index (χ2n) is 8.22. The van der Waals surface area contributed by atoms with E-state index < -0.39 is 12.1 Å². The SMILES string of the molecule is Cc1cc(C)n(C2=N/C(=C\c3ccc(N(C)C)cc3)C(c3ccccc3NC(=O)C(F)(F)F)=N2)n1. The predicted octanol–water partition coefficient (Wildman–Crippen LogP) is 4.81. The van der Waals surface area contributed by atoms with Crippen LogP contribution in [0.15, 0.2) is 70.3 Å². The van der Waals surface area contributed by atoms with Gasteiger partial charge in [-0.15, -0.1) is 0 Å². The molecule has 0 bridgehead atoms. The molecule has 1 aliphatic heterocycles. The van der Waals surface area contributed by atoms with Crippen LogP contribution in [0, 0.1) is 13.8 Å². The first-order valence-electron chi connectivity index (χ1n) is 10.7. The maximum atomic E-state index is 12.9. The number of aryl methyl sites for hydroxylation is 2. The Morgan fingerprint density at radius 1 is 1.03 bits per heavy atom. The van der Waals surface area contributed by atoms with Gasteiger partial charge in [-0.3, -0.25) is 4.79 Å². The summed E-state index contributed by atoms with van der Waals surface area (Å²) >= 11 is 0. The van der Waals surface area contributed by atoms with Gasteiger partial charge in [-0.1, -0.05) is 30.3 Å². The molecule has 0 radical (unpaired) electrons.